The molecule has 0 aliphatic heterocycles. The Morgan fingerprint density at radius 3 is 2.31 bits per heavy atom. The van der Waals surface area contributed by atoms with Crippen LogP contribution in [0.1, 0.15) is 18.4 Å². The topological polar surface area (TPSA) is 71.4 Å². The second kappa shape index (κ2) is 5.12. The van der Waals surface area contributed by atoms with Crippen LogP contribution in [0, 0.1) is 0 Å². The van der Waals surface area contributed by atoms with Gasteiger partial charge in [0.15, 0.2) is 9.84 Å². The molecule has 4 nitrogen and oxygen atoms in total. The molecular formula is C11H14O4S. The number of aliphatic carboxylic acids is 1. The molecule has 0 saturated heterocycles. The summed E-state index contributed by atoms with van der Waals surface area (Å²) in [5, 5.41) is 9.02. The summed E-state index contributed by atoms with van der Waals surface area (Å²) in [6, 6.07) is 8.42. The average Bonchev–Trinajstić information content (AvgIpc) is 2.27. The third-order valence-electron chi connectivity index (χ3n) is 2.36. The maximum absolute atomic E-state index is 11.4. The first kappa shape index (κ1) is 12.7. The third-order valence-corrected chi connectivity index (χ3v) is 4.08. The molecule has 0 heterocycles. The molecule has 0 aliphatic carbocycles. The van der Waals surface area contributed by atoms with Crippen molar-refractivity contribution in [3.8, 4) is 0 Å². The predicted molar refractivity (Wildman–Crippen MR) is 61.1 cm³/mol. The smallest absolute Gasteiger partial charge is 0.312 e. The number of rotatable bonds is 5. The minimum atomic E-state index is -3.29. The first-order valence-electron chi connectivity index (χ1n) is 4.94. The van der Waals surface area contributed by atoms with E-state index in [2.05, 4.69) is 0 Å². The monoisotopic (exact) mass is 242 g/mol. The van der Waals surface area contributed by atoms with E-state index in [1.807, 2.05) is 0 Å². The van der Waals surface area contributed by atoms with E-state index in [1.165, 1.54) is 6.92 Å². The van der Waals surface area contributed by atoms with Crippen LogP contribution in [0.4, 0.5) is 0 Å². The molecule has 0 fully saturated rings. The van der Waals surface area contributed by atoms with Gasteiger partial charge < -0.3 is 5.11 Å². The predicted octanol–water partition coefficient (Wildman–Crippen LogP) is 1.29. The van der Waals surface area contributed by atoms with Crippen molar-refractivity contribution in [3.63, 3.8) is 0 Å². The summed E-state index contributed by atoms with van der Waals surface area (Å²) in [4.78, 5) is 11.0. The second-order valence-electron chi connectivity index (χ2n) is 3.50. The fourth-order valence-corrected chi connectivity index (χ4v) is 2.45. The van der Waals surface area contributed by atoms with Gasteiger partial charge in [-0.3, -0.25) is 4.79 Å². The van der Waals surface area contributed by atoms with Gasteiger partial charge in [-0.1, -0.05) is 37.3 Å². The Labute approximate surface area is 94.8 Å². The molecule has 0 aromatic heterocycles. The van der Waals surface area contributed by atoms with E-state index in [1.54, 1.807) is 30.3 Å². The first-order valence-corrected chi connectivity index (χ1v) is 6.76. The van der Waals surface area contributed by atoms with Gasteiger partial charge in [0.2, 0.25) is 0 Å². The molecule has 1 unspecified atom stereocenters. The highest BCUT2D eigenvalue weighted by Gasteiger charge is 2.25. The quantitative estimate of drug-likeness (QED) is 0.844. The van der Waals surface area contributed by atoms with Gasteiger partial charge in [-0.15, -0.1) is 0 Å². The molecule has 1 rings (SSSR count). The highest BCUT2D eigenvalue weighted by atomic mass is 32.2. The Bertz CT molecular complexity index is 450. The minimum Gasteiger partial charge on any atom is -0.481 e. The number of hydrogen-bond acceptors (Lipinski definition) is 3. The van der Waals surface area contributed by atoms with E-state index in [-0.39, 0.29) is 11.5 Å². The standard InChI is InChI=1S/C11H14O4S/c1-2-16(14,15)8-10(11(12)13)9-6-4-3-5-7-9/h3-7,10H,2,8H2,1H3,(H,12,13). The number of carboxylic acid groups (broad SMARTS) is 1. The van der Waals surface area contributed by atoms with Gasteiger partial charge in [0.25, 0.3) is 0 Å². The van der Waals surface area contributed by atoms with Gasteiger partial charge in [0.1, 0.15) is 0 Å². The van der Waals surface area contributed by atoms with E-state index in [0.717, 1.165) is 0 Å². The lowest BCUT2D eigenvalue weighted by Crippen LogP contribution is -2.23. The van der Waals surface area contributed by atoms with Gasteiger partial charge in [-0.05, 0) is 5.56 Å². The zero-order valence-corrected chi connectivity index (χ0v) is 9.78. The molecule has 0 bridgehead atoms. The van der Waals surface area contributed by atoms with E-state index in [9.17, 15) is 13.2 Å². The van der Waals surface area contributed by atoms with Crippen LogP contribution in [0.15, 0.2) is 30.3 Å². The Kier molecular flexibility index (Phi) is 4.06. The van der Waals surface area contributed by atoms with Crippen molar-refractivity contribution >= 4 is 15.8 Å². The van der Waals surface area contributed by atoms with Crippen LogP contribution >= 0.6 is 0 Å². The summed E-state index contributed by atoms with van der Waals surface area (Å²) in [5.74, 6) is -2.47. The number of hydrogen-bond donors (Lipinski definition) is 1. The zero-order valence-electron chi connectivity index (χ0n) is 8.96. The van der Waals surface area contributed by atoms with Crippen molar-refractivity contribution in [1.82, 2.24) is 0 Å². The maximum Gasteiger partial charge on any atom is 0.312 e. The minimum absolute atomic E-state index is 0.0381. The molecule has 0 radical (unpaired) electrons. The van der Waals surface area contributed by atoms with Crippen LogP contribution in [-0.2, 0) is 14.6 Å². The second-order valence-corrected chi connectivity index (χ2v) is 5.90. The Morgan fingerprint density at radius 2 is 1.88 bits per heavy atom. The third kappa shape index (κ3) is 3.34. The van der Waals surface area contributed by atoms with Crippen molar-refractivity contribution in [1.29, 1.82) is 0 Å². The summed E-state index contributed by atoms with van der Waals surface area (Å²) in [6.07, 6.45) is 0. The number of carboxylic acids is 1. The van der Waals surface area contributed by atoms with Crippen molar-refractivity contribution in [2.24, 2.45) is 0 Å². The van der Waals surface area contributed by atoms with Gasteiger partial charge in [-0.25, -0.2) is 8.42 Å². The number of carbonyl (C=O) groups is 1. The number of benzene rings is 1. The average molecular weight is 242 g/mol. The Morgan fingerprint density at radius 1 is 1.31 bits per heavy atom. The maximum atomic E-state index is 11.4. The SMILES string of the molecule is CCS(=O)(=O)CC(C(=O)O)c1ccccc1. The first-order chi connectivity index (χ1) is 7.46. The van der Waals surface area contributed by atoms with E-state index in [4.69, 9.17) is 5.11 Å². The van der Waals surface area contributed by atoms with Crippen LogP contribution in [0.25, 0.3) is 0 Å². The normalized spacial score (nSPS) is 13.3. The van der Waals surface area contributed by atoms with Crippen LogP contribution in [0.2, 0.25) is 0 Å². The lowest BCUT2D eigenvalue weighted by atomic mass is 10.0. The molecule has 0 saturated carbocycles. The summed E-state index contributed by atoms with van der Waals surface area (Å²) in [7, 11) is -3.29. The zero-order chi connectivity index (χ0) is 12.2. The summed E-state index contributed by atoms with van der Waals surface area (Å²) in [5.41, 5.74) is 0.520. The van der Waals surface area contributed by atoms with Gasteiger partial charge in [0, 0.05) is 5.75 Å². The van der Waals surface area contributed by atoms with Crippen molar-refractivity contribution < 1.29 is 18.3 Å². The summed E-state index contributed by atoms with van der Waals surface area (Å²) < 4.78 is 22.8. The van der Waals surface area contributed by atoms with E-state index >= 15 is 0 Å². The highest BCUT2D eigenvalue weighted by molar-refractivity contribution is 7.91. The van der Waals surface area contributed by atoms with Crippen LogP contribution < -0.4 is 0 Å². The lowest BCUT2D eigenvalue weighted by molar-refractivity contribution is -0.138. The molecule has 1 aromatic rings. The molecule has 0 aliphatic rings. The number of sulfone groups is 1. The molecule has 16 heavy (non-hydrogen) atoms. The van der Waals surface area contributed by atoms with E-state index < -0.39 is 21.7 Å². The molecule has 1 aromatic carbocycles. The van der Waals surface area contributed by atoms with E-state index in [0.29, 0.717) is 5.56 Å². The van der Waals surface area contributed by atoms with Crippen LogP contribution in [0.5, 0.6) is 0 Å². The Balaban J connectivity index is 2.99. The fourth-order valence-electron chi connectivity index (χ4n) is 1.37. The Hall–Kier alpha value is -1.36. The highest BCUT2D eigenvalue weighted by Crippen LogP contribution is 2.18. The molecular weight excluding hydrogens is 228 g/mol. The molecule has 1 N–H and O–H groups in total. The largest absolute Gasteiger partial charge is 0.481 e. The summed E-state index contributed by atoms with van der Waals surface area (Å²) in [6.45, 7) is 1.51. The van der Waals surface area contributed by atoms with Crippen molar-refractivity contribution in [3.05, 3.63) is 35.9 Å². The van der Waals surface area contributed by atoms with Crippen molar-refractivity contribution in [2.45, 2.75) is 12.8 Å². The van der Waals surface area contributed by atoms with Crippen LogP contribution in [-0.4, -0.2) is 31.0 Å². The molecule has 88 valence electrons. The van der Waals surface area contributed by atoms with Gasteiger partial charge in [0.05, 0.1) is 11.7 Å². The molecule has 5 heteroatoms. The van der Waals surface area contributed by atoms with Crippen LogP contribution in [0.3, 0.4) is 0 Å². The van der Waals surface area contributed by atoms with Gasteiger partial charge >= 0.3 is 5.97 Å². The fraction of sp³-hybridized carbons (Fsp3) is 0.364. The molecule has 0 spiro atoms. The summed E-state index contributed by atoms with van der Waals surface area (Å²) >= 11 is 0. The molecule has 0 amide bonds. The van der Waals surface area contributed by atoms with Gasteiger partial charge in [-0.2, -0.15) is 0 Å². The lowest BCUT2D eigenvalue weighted by Gasteiger charge is -2.12. The van der Waals surface area contributed by atoms with Crippen molar-refractivity contribution in [2.75, 3.05) is 11.5 Å². The molecule has 1 atom stereocenters.